The van der Waals surface area contributed by atoms with Gasteiger partial charge in [-0.25, -0.2) is 0 Å². The maximum Gasteiger partial charge on any atom is 0.143 e. The molecule has 0 fully saturated rings. The molecule has 4 aromatic rings. The van der Waals surface area contributed by atoms with E-state index in [4.69, 9.17) is 56.8 Å². The number of ether oxygens (including phenoxy) is 12. The second-order valence-corrected chi connectivity index (χ2v) is 13.3. The van der Waals surface area contributed by atoms with Crippen molar-refractivity contribution in [2.75, 3.05) is 145 Å². The van der Waals surface area contributed by atoms with Crippen LogP contribution in [0.15, 0.2) is 121 Å². The third-order valence-corrected chi connectivity index (χ3v) is 8.92. The Bertz CT molecular complexity index is 1420. The van der Waals surface area contributed by atoms with Gasteiger partial charge in [0.2, 0.25) is 0 Å². The zero-order valence-electron chi connectivity index (χ0n) is 35.2. The number of hydrogen-bond acceptors (Lipinski definition) is 12. The van der Waals surface area contributed by atoms with Crippen LogP contribution < -0.4 is 0 Å². The second kappa shape index (κ2) is 34.0. The first-order chi connectivity index (χ1) is 29.9. The van der Waals surface area contributed by atoms with Crippen molar-refractivity contribution in [3.63, 3.8) is 0 Å². The molecule has 0 aliphatic heterocycles. The highest BCUT2D eigenvalue weighted by Gasteiger charge is 2.37. The quantitative estimate of drug-likeness (QED) is 0.0368. The summed E-state index contributed by atoms with van der Waals surface area (Å²) >= 11 is 0. The molecule has 0 saturated heterocycles. The Morgan fingerprint density at radius 3 is 0.717 bits per heavy atom. The zero-order valence-corrected chi connectivity index (χ0v) is 35.2. The van der Waals surface area contributed by atoms with Gasteiger partial charge in [0.05, 0.1) is 152 Å². The van der Waals surface area contributed by atoms with Gasteiger partial charge in [-0.05, 0) is 22.3 Å². The van der Waals surface area contributed by atoms with Gasteiger partial charge in [-0.3, -0.25) is 0 Å². The normalized spacial score (nSPS) is 11.7. The average Bonchev–Trinajstić information content (AvgIpc) is 3.30. The molecule has 4 rings (SSSR count). The Morgan fingerprint density at radius 2 is 0.450 bits per heavy atom. The molecule has 0 atom stereocenters. The standard InChI is InChI=1S/C48H66O12/c1-5-13-44(14-6-1)43-59-40-39-57-36-35-55-32-31-53-28-27-51-24-23-49-21-22-50-25-26-52-29-30-54-33-34-56-37-38-58-41-42-60-48(45-15-7-2-8-16-45,46-17-9-3-10-18-46)47-19-11-4-12-20-47/h1-20H,21-43H2. The molecule has 0 aliphatic carbocycles. The molecule has 0 amide bonds. The van der Waals surface area contributed by atoms with Crippen molar-refractivity contribution < 1.29 is 56.8 Å². The van der Waals surface area contributed by atoms with Crippen molar-refractivity contribution in [1.82, 2.24) is 0 Å². The van der Waals surface area contributed by atoms with Crippen molar-refractivity contribution in [1.29, 1.82) is 0 Å². The van der Waals surface area contributed by atoms with Crippen LogP contribution in [0.1, 0.15) is 22.3 Å². The van der Waals surface area contributed by atoms with Crippen LogP contribution in [0.2, 0.25) is 0 Å². The highest BCUT2D eigenvalue weighted by atomic mass is 16.6. The molecule has 60 heavy (non-hydrogen) atoms. The summed E-state index contributed by atoms with van der Waals surface area (Å²) in [7, 11) is 0. The highest BCUT2D eigenvalue weighted by Crippen LogP contribution is 2.40. The van der Waals surface area contributed by atoms with Gasteiger partial charge < -0.3 is 56.8 Å². The van der Waals surface area contributed by atoms with E-state index < -0.39 is 5.60 Å². The van der Waals surface area contributed by atoms with Crippen molar-refractivity contribution >= 4 is 0 Å². The van der Waals surface area contributed by atoms with Crippen molar-refractivity contribution in [3.8, 4) is 0 Å². The number of benzene rings is 4. The lowest BCUT2D eigenvalue weighted by Gasteiger charge is -2.36. The van der Waals surface area contributed by atoms with Gasteiger partial charge in [-0.15, -0.1) is 0 Å². The third kappa shape index (κ3) is 21.3. The first kappa shape index (κ1) is 49.1. The molecule has 0 aliphatic rings. The van der Waals surface area contributed by atoms with E-state index in [9.17, 15) is 0 Å². The zero-order chi connectivity index (χ0) is 41.7. The minimum Gasteiger partial charge on any atom is -0.377 e. The van der Waals surface area contributed by atoms with Crippen LogP contribution in [0.25, 0.3) is 0 Å². The molecule has 330 valence electrons. The Labute approximate surface area is 357 Å². The summed E-state index contributed by atoms with van der Waals surface area (Å²) in [5.74, 6) is 0. The Morgan fingerprint density at radius 1 is 0.233 bits per heavy atom. The molecule has 0 saturated carbocycles. The van der Waals surface area contributed by atoms with Crippen LogP contribution in [-0.4, -0.2) is 145 Å². The van der Waals surface area contributed by atoms with E-state index in [0.29, 0.717) is 152 Å². The first-order valence-corrected chi connectivity index (χ1v) is 21.1. The van der Waals surface area contributed by atoms with Gasteiger partial charge in [-0.2, -0.15) is 0 Å². The van der Waals surface area contributed by atoms with Gasteiger partial charge in [-0.1, -0.05) is 121 Å². The van der Waals surface area contributed by atoms with Crippen LogP contribution in [0.5, 0.6) is 0 Å². The third-order valence-electron chi connectivity index (χ3n) is 8.92. The van der Waals surface area contributed by atoms with Crippen molar-refractivity contribution in [2.24, 2.45) is 0 Å². The second-order valence-electron chi connectivity index (χ2n) is 13.3. The molecule has 0 N–H and O–H groups in total. The Balaban J connectivity index is 0.840. The fourth-order valence-electron chi connectivity index (χ4n) is 5.99. The van der Waals surface area contributed by atoms with E-state index in [2.05, 4.69) is 36.4 Å². The summed E-state index contributed by atoms with van der Waals surface area (Å²) < 4.78 is 68.1. The predicted octanol–water partition coefficient (Wildman–Crippen LogP) is 6.38. The molecule has 0 unspecified atom stereocenters. The topological polar surface area (TPSA) is 111 Å². The van der Waals surface area contributed by atoms with Gasteiger partial charge in [0.1, 0.15) is 5.60 Å². The molecule has 4 aromatic carbocycles. The van der Waals surface area contributed by atoms with E-state index in [0.717, 1.165) is 22.3 Å². The van der Waals surface area contributed by atoms with E-state index >= 15 is 0 Å². The first-order valence-electron chi connectivity index (χ1n) is 21.1. The van der Waals surface area contributed by atoms with Gasteiger partial charge >= 0.3 is 0 Å². The summed E-state index contributed by atoms with van der Waals surface area (Å²) in [5.41, 5.74) is 3.60. The number of hydrogen-bond donors (Lipinski definition) is 0. The molecule has 0 spiro atoms. The lowest BCUT2D eigenvalue weighted by atomic mass is 9.80. The summed E-state index contributed by atoms with van der Waals surface area (Å²) in [6.07, 6.45) is 0. The van der Waals surface area contributed by atoms with E-state index in [-0.39, 0.29) is 0 Å². The van der Waals surface area contributed by atoms with Gasteiger partial charge in [0.15, 0.2) is 0 Å². The maximum absolute atomic E-state index is 6.74. The van der Waals surface area contributed by atoms with Crippen LogP contribution in [0, 0.1) is 0 Å². The minimum absolute atomic E-state index is 0.414. The highest BCUT2D eigenvalue weighted by molar-refractivity contribution is 5.47. The van der Waals surface area contributed by atoms with Crippen molar-refractivity contribution in [3.05, 3.63) is 144 Å². The largest absolute Gasteiger partial charge is 0.377 e. The molecule has 0 aromatic heterocycles. The van der Waals surface area contributed by atoms with Crippen LogP contribution in [0.3, 0.4) is 0 Å². The SMILES string of the molecule is c1ccc(COCCOCCOCCOCCOCCOCCOCCOCCOCCOCCOCCOC(c2ccccc2)(c2ccccc2)c2ccccc2)cc1. The van der Waals surface area contributed by atoms with Gasteiger partial charge in [0.25, 0.3) is 0 Å². The molecular formula is C48H66O12. The molecule has 0 bridgehead atoms. The van der Waals surface area contributed by atoms with Crippen LogP contribution in [-0.2, 0) is 69.1 Å². The fraction of sp³-hybridized carbons (Fsp3) is 0.500. The van der Waals surface area contributed by atoms with Crippen LogP contribution >= 0.6 is 0 Å². The summed E-state index contributed by atoms with van der Waals surface area (Å²) in [5, 5.41) is 0. The summed E-state index contributed by atoms with van der Waals surface area (Å²) in [4.78, 5) is 0. The maximum atomic E-state index is 6.74. The Kier molecular flexibility index (Phi) is 27.8. The monoisotopic (exact) mass is 834 g/mol. The van der Waals surface area contributed by atoms with Crippen LogP contribution in [0.4, 0.5) is 0 Å². The smallest absolute Gasteiger partial charge is 0.143 e. The predicted molar refractivity (Wildman–Crippen MR) is 229 cm³/mol. The minimum atomic E-state index is -0.754. The molecular weight excluding hydrogens is 769 g/mol. The lowest BCUT2D eigenvalue weighted by molar-refractivity contribution is -0.0399. The molecule has 12 nitrogen and oxygen atoms in total. The molecule has 0 heterocycles. The Hall–Kier alpha value is -3.60. The summed E-state index contributed by atoms with van der Waals surface area (Å²) in [6, 6.07) is 41.1. The van der Waals surface area contributed by atoms with E-state index in [1.807, 2.05) is 84.9 Å². The fourth-order valence-corrected chi connectivity index (χ4v) is 5.99. The van der Waals surface area contributed by atoms with E-state index in [1.54, 1.807) is 0 Å². The van der Waals surface area contributed by atoms with E-state index in [1.165, 1.54) is 0 Å². The molecule has 12 heteroatoms. The van der Waals surface area contributed by atoms with Gasteiger partial charge in [0, 0.05) is 0 Å². The summed E-state index contributed by atoms with van der Waals surface area (Å²) in [6.45, 7) is 11.6. The lowest BCUT2D eigenvalue weighted by Crippen LogP contribution is -2.34. The van der Waals surface area contributed by atoms with Crippen molar-refractivity contribution in [2.45, 2.75) is 12.2 Å². The average molecular weight is 835 g/mol. The number of rotatable bonds is 39. The molecule has 0 radical (unpaired) electrons.